The summed E-state index contributed by atoms with van der Waals surface area (Å²) in [6, 6.07) is 11.1. The smallest absolute Gasteiger partial charge is 0.338 e. The maximum atomic E-state index is 11.9. The van der Waals surface area contributed by atoms with Gasteiger partial charge in [0, 0.05) is 18.4 Å². The summed E-state index contributed by atoms with van der Waals surface area (Å²) < 4.78 is 28.0. The first-order chi connectivity index (χ1) is 10.8. The molecule has 0 fully saturated rings. The number of carbonyl (C=O) groups is 1. The number of hydrogen-bond donors (Lipinski definition) is 0. The fourth-order valence-corrected chi connectivity index (χ4v) is 2.47. The van der Waals surface area contributed by atoms with E-state index in [0.29, 0.717) is 5.56 Å². The number of hydrogen-bond acceptors (Lipinski definition) is 6. The fraction of sp³-hybridized carbons (Fsp3) is 0.133. The highest BCUT2D eigenvalue weighted by atomic mass is 32.2. The van der Waals surface area contributed by atoms with E-state index in [1.807, 2.05) is 0 Å². The number of nitro benzene ring substituents is 1. The SMILES string of the molecule is CS(=O)(=O)c1cccc(C(=O)OCc2ccc([N+](=O)[O-])cc2)c1. The highest BCUT2D eigenvalue weighted by molar-refractivity contribution is 7.90. The van der Waals surface area contributed by atoms with Gasteiger partial charge < -0.3 is 4.74 Å². The minimum Gasteiger partial charge on any atom is -0.457 e. The minimum absolute atomic E-state index is 0.0299. The molecule has 0 saturated heterocycles. The number of ether oxygens (including phenoxy) is 1. The van der Waals surface area contributed by atoms with Crippen molar-refractivity contribution in [2.24, 2.45) is 0 Å². The molecule has 2 aromatic carbocycles. The van der Waals surface area contributed by atoms with Crippen molar-refractivity contribution < 1.29 is 22.9 Å². The molecule has 0 aliphatic rings. The summed E-state index contributed by atoms with van der Waals surface area (Å²) in [6.45, 7) is -0.0695. The molecule has 7 nitrogen and oxygen atoms in total. The quantitative estimate of drug-likeness (QED) is 0.472. The zero-order valence-electron chi connectivity index (χ0n) is 12.1. The fourth-order valence-electron chi connectivity index (χ4n) is 1.80. The van der Waals surface area contributed by atoms with Gasteiger partial charge in [-0.25, -0.2) is 13.2 Å². The van der Waals surface area contributed by atoms with Gasteiger partial charge in [-0.1, -0.05) is 6.07 Å². The summed E-state index contributed by atoms with van der Waals surface area (Å²) in [7, 11) is -3.41. The number of carbonyl (C=O) groups excluding carboxylic acids is 1. The topological polar surface area (TPSA) is 104 Å². The van der Waals surface area contributed by atoms with Crippen molar-refractivity contribution in [1.29, 1.82) is 0 Å². The lowest BCUT2D eigenvalue weighted by atomic mass is 10.2. The van der Waals surface area contributed by atoms with E-state index >= 15 is 0 Å². The lowest BCUT2D eigenvalue weighted by Crippen LogP contribution is -2.07. The van der Waals surface area contributed by atoms with Crippen molar-refractivity contribution in [3.05, 3.63) is 69.8 Å². The van der Waals surface area contributed by atoms with Gasteiger partial charge in [0.2, 0.25) is 0 Å². The van der Waals surface area contributed by atoms with Gasteiger partial charge in [0.25, 0.3) is 5.69 Å². The molecule has 0 saturated carbocycles. The number of nitrogens with zero attached hydrogens (tertiary/aromatic N) is 1. The normalized spacial score (nSPS) is 11.0. The van der Waals surface area contributed by atoms with E-state index < -0.39 is 20.7 Å². The Bertz CT molecular complexity index is 843. The first-order valence-electron chi connectivity index (χ1n) is 6.48. The van der Waals surface area contributed by atoms with Crippen LogP contribution >= 0.6 is 0 Å². The molecule has 120 valence electrons. The van der Waals surface area contributed by atoms with Crippen LogP contribution in [0.4, 0.5) is 5.69 Å². The van der Waals surface area contributed by atoms with E-state index in [2.05, 4.69) is 0 Å². The van der Waals surface area contributed by atoms with Crippen molar-refractivity contribution in [2.75, 3.05) is 6.26 Å². The maximum Gasteiger partial charge on any atom is 0.338 e. The molecule has 0 aliphatic carbocycles. The predicted octanol–water partition coefficient (Wildman–Crippen LogP) is 2.36. The van der Waals surface area contributed by atoms with E-state index in [1.54, 1.807) is 0 Å². The summed E-state index contributed by atoms with van der Waals surface area (Å²) in [5.41, 5.74) is 0.652. The zero-order valence-corrected chi connectivity index (χ0v) is 12.9. The van der Waals surface area contributed by atoms with Gasteiger partial charge in [-0.3, -0.25) is 10.1 Å². The van der Waals surface area contributed by atoms with Crippen LogP contribution < -0.4 is 0 Å². The molecule has 0 amide bonds. The summed E-state index contributed by atoms with van der Waals surface area (Å²) in [5, 5.41) is 10.5. The highest BCUT2D eigenvalue weighted by Crippen LogP contribution is 2.15. The first kappa shape index (κ1) is 16.6. The van der Waals surface area contributed by atoms with Gasteiger partial charge in [-0.2, -0.15) is 0 Å². The lowest BCUT2D eigenvalue weighted by molar-refractivity contribution is -0.384. The van der Waals surface area contributed by atoms with E-state index in [1.165, 1.54) is 48.5 Å². The number of benzene rings is 2. The molecule has 0 heterocycles. The Morgan fingerprint density at radius 3 is 2.39 bits per heavy atom. The van der Waals surface area contributed by atoms with Crippen LogP contribution in [0.25, 0.3) is 0 Å². The third-order valence-electron chi connectivity index (χ3n) is 3.01. The molecule has 0 spiro atoms. The second kappa shape index (κ2) is 6.57. The number of non-ortho nitro benzene ring substituents is 1. The third-order valence-corrected chi connectivity index (χ3v) is 4.13. The van der Waals surface area contributed by atoms with Crippen molar-refractivity contribution in [1.82, 2.24) is 0 Å². The average Bonchev–Trinajstić information content (AvgIpc) is 2.52. The molecule has 2 aromatic rings. The van der Waals surface area contributed by atoms with Crippen LogP contribution in [0.5, 0.6) is 0 Å². The first-order valence-corrected chi connectivity index (χ1v) is 8.37. The van der Waals surface area contributed by atoms with E-state index in [0.717, 1.165) is 6.26 Å². The van der Waals surface area contributed by atoms with E-state index in [9.17, 15) is 23.3 Å². The molecule has 0 unspecified atom stereocenters. The molecule has 0 N–H and O–H groups in total. The lowest BCUT2D eigenvalue weighted by Gasteiger charge is -2.06. The van der Waals surface area contributed by atoms with Crippen molar-refractivity contribution in [2.45, 2.75) is 11.5 Å². The van der Waals surface area contributed by atoms with Crippen LogP contribution in [-0.2, 0) is 21.2 Å². The number of sulfone groups is 1. The Kier molecular flexibility index (Phi) is 4.75. The summed E-state index contributed by atoms with van der Waals surface area (Å²) in [4.78, 5) is 22.0. The Hall–Kier alpha value is -2.74. The van der Waals surface area contributed by atoms with Gasteiger partial charge in [0.1, 0.15) is 6.61 Å². The standard InChI is InChI=1S/C15H13NO6S/c1-23(20,21)14-4-2-3-12(9-14)15(17)22-10-11-5-7-13(8-6-11)16(18)19/h2-9H,10H2,1H3. The van der Waals surface area contributed by atoms with Crippen LogP contribution in [0.2, 0.25) is 0 Å². The van der Waals surface area contributed by atoms with Gasteiger partial charge in [-0.05, 0) is 35.9 Å². The molecule has 8 heteroatoms. The molecule has 0 aromatic heterocycles. The van der Waals surface area contributed by atoms with Crippen LogP contribution in [0.15, 0.2) is 53.4 Å². The third kappa shape index (κ3) is 4.36. The van der Waals surface area contributed by atoms with Gasteiger partial charge in [-0.15, -0.1) is 0 Å². The maximum absolute atomic E-state index is 11.9. The Morgan fingerprint density at radius 2 is 1.83 bits per heavy atom. The molecule has 0 aliphatic heterocycles. The predicted molar refractivity (Wildman–Crippen MR) is 81.8 cm³/mol. The number of rotatable bonds is 5. The Morgan fingerprint density at radius 1 is 1.17 bits per heavy atom. The molecule has 2 rings (SSSR count). The van der Waals surface area contributed by atoms with Crippen LogP contribution in [-0.4, -0.2) is 25.6 Å². The highest BCUT2D eigenvalue weighted by Gasteiger charge is 2.13. The Balaban J connectivity index is 2.06. The molecular weight excluding hydrogens is 322 g/mol. The Labute approximate surface area is 132 Å². The molecular formula is C15H13NO6S. The number of nitro groups is 1. The van der Waals surface area contributed by atoms with Gasteiger partial charge >= 0.3 is 5.97 Å². The molecule has 0 radical (unpaired) electrons. The molecule has 0 atom stereocenters. The minimum atomic E-state index is -3.41. The second-order valence-corrected chi connectivity index (χ2v) is 6.82. The number of esters is 1. The van der Waals surface area contributed by atoms with Crippen LogP contribution in [0.3, 0.4) is 0 Å². The van der Waals surface area contributed by atoms with E-state index in [4.69, 9.17) is 4.74 Å². The van der Waals surface area contributed by atoms with Crippen molar-refractivity contribution >= 4 is 21.5 Å². The molecule has 0 bridgehead atoms. The average molecular weight is 335 g/mol. The van der Waals surface area contributed by atoms with Crippen molar-refractivity contribution in [3.8, 4) is 0 Å². The van der Waals surface area contributed by atoms with Crippen molar-refractivity contribution in [3.63, 3.8) is 0 Å². The van der Waals surface area contributed by atoms with Gasteiger partial charge in [0.15, 0.2) is 9.84 Å². The largest absolute Gasteiger partial charge is 0.457 e. The summed E-state index contributed by atoms with van der Waals surface area (Å²) in [6.07, 6.45) is 1.05. The monoisotopic (exact) mass is 335 g/mol. The summed E-state index contributed by atoms with van der Waals surface area (Å²) >= 11 is 0. The second-order valence-electron chi connectivity index (χ2n) is 4.80. The summed E-state index contributed by atoms with van der Waals surface area (Å²) in [5.74, 6) is -0.672. The van der Waals surface area contributed by atoms with E-state index in [-0.39, 0.29) is 22.8 Å². The zero-order chi connectivity index (χ0) is 17.0. The van der Waals surface area contributed by atoms with Gasteiger partial charge in [0.05, 0.1) is 15.4 Å². The van der Waals surface area contributed by atoms with Crippen LogP contribution in [0, 0.1) is 10.1 Å². The molecule has 23 heavy (non-hydrogen) atoms. The van der Waals surface area contributed by atoms with Crippen LogP contribution in [0.1, 0.15) is 15.9 Å².